The van der Waals surface area contributed by atoms with Crippen molar-refractivity contribution in [2.24, 2.45) is 11.7 Å². The average molecular weight is 259 g/mol. The minimum absolute atomic E-state index is 0.0739. The molecular weight excluding hydrogens is 242 g/mol. The van der Waals surface area contributed by atoms with Gasteiger partial charge in [-0.1, -0.05) is 13.8 Å². The average Bonchev–Trinajstić information content (AvgIpc) is 2.92. The van der Waals surface area contributed by atoms with E-state index in [1.807, 2.05) is 13.8 Å². The number of hydrogen-bond acceptors (Lipinski definition) is 4. The molecule has 0 saturated carbocycles. The van der Waals surface area contributed by atoms with Crippen molar-refractivity contribution in [3.05, 3.63) is 36.8 Å². The maximum atomic E-state index is 12.0. The molecule has 0 unspecified atom stereocenters. The number of anilines is 1. The molecule has 0 saturated heterocycles. The second-order valence-corrected chi connectivity index (χ2v) is 4.58. The molecule has 0 spiro atoms. The summed E-state index contributed by atoms with van der Waals surface area (Å²) in [6.45, 7) is 3.81. The van der Waals surface area contributed by atoms with E-state index in [1.54, 1.807) is 41.5 Å². The van der Waals surface area contributed by atoms with Crippen LogP contribution in [0.4, 0.5) is 5.69 Å². The highest BCUT2D eigenvalue weighted by Gasteiger charge is 2.18. The number of nitrogens with two attached hydrogens (primary N) is 1. The van der Waals surface area contributed by atoms with Crippen molar-refractivity contribution in [1.82, 2.24) is 14.8 Å². The third-order valence-corrected chi connectivity index (χ3v) is 2.79. The highest BCUT2D eigenvalue weighted by molar-refractivity contribution is 5.96. The van der Waals surface area contributed by atoms with Crippen LogP contribution in [0.2, 0.25) is 0 Å². The first-order valence-corrected chi connectivity index (χ1v) is 6.11. The van der Waals surface area contributed by atoms with Crippen LogP contribution < -0.4 is 11.1 Å². The van der Waals surface area contributed by atoms with Crippen molar-refractivity contribution in [3.8, 4) is 5.82 Å². The Morgan fingerprint density at radius 2 is 2.16 bits per heavy atom. The molecule has 6 nitrogen and oxygen atoms in total. The largest absolute Gasteiger partial charge is 0.322 e. The molecule has 100 valence electrons. The maximum Gasteiger partial charge on any atom is 0.241 e. The molecule has 2 rings (SSSR count). The molecule has 2 aromatic rings. The van der Waals surface area contributed by atoms with Crippen molar-refractivity contribution in [2.45, 2.75) is 19.9 Å². The molecule has 2 aromatic heterocycles. The lowest BCUT2D eigenvalue weighted by atomic mass is 10.1. The van der Waals surface area contributed by atoms with Gasteiger partial charge in [-0.2, -0.15) is 5.10 Å². The van der Waals surface area contributed by atoms with E-state index in [0.717, 1.165) is 0 Å². The van der Waals surface area contributed by atoms with Crippen LogP contribution in [0.15, 0.2) is 36.8 Å². The lowest BCUT2D eigenvalue weighted by Crippen LogP contribution is -2.40. The van der Waals surface area contributed by atoms with E-state index in [1.165, 1.54) is 0 Å². The van der Waals surface area contributed by atoms with Gasteiger partial charge < -0.3 is 11.1 Å². The van der Waals surface area contributed by atoms with Gasteiger partial charge in [0.25, 0.3) is 0 Å². The minimum Gasteiger partial charge on any atom is -0.322 e. The standard InChI is InChI=1S/C13H17N5O/c1-9(2)11(14)13(19)17-10-5-3-6-15-12(10)18-8-4-7-16-18/h3-9,11H,14H2,1-2H3,(H,17,19)/t11-/m1/s1. The molecule has 0 bridgehead atoms. The summed E-state index contributed by atoms with van der Waals surface area (Å²) >= 11 is 0. The zero-order valence-corrected chi connectivity index (χ0v) is 10.9. The van der Waals surface area contributed by atoms with Gasteiger partial charge >= 0.3 is 0 Å². The summed E-state index contributed by atoms with van der Waals surface area (Å²) in [4.78, 5) is 16.2. The molecule has 0 aromatic carbocycles. The van der Waals surface area contributed by atoms with E-state index in [0.29, 0.717) is 11.5 Å². The van der Waals surface area contributed by atoms with Gasteiger partial charge in [-0.05, 0) is 24.1 Å². The lowest BCUT2D eigenvalue weighted by molar-refractivity contribution is -0.118. The first-order valence-electron chi connectivity index (χ1n) is 6.11. The smallest absolute Gasteiger partial charge is 0.241 e. The fraction of sp³-hybridized carbons (Fsp3) is 0.308. The van der Waals surface area contributed by atoms with Crippen molar-refractivity contribution < 1.29 is 4.79 Å². The summed E-state index contributed by atoms with van der Waals surface area (Å²) in [6, 6.07) is 4.77. The Hall–Kier alpha value is -2.21. The summed E-state index contributed by atoms with van der Waals surface area (Å²) in [5, 5.41) is 6.90. The molecule has 0 aliphatic rings. The zero-order valence-electron chi connectivity index (χ0n) is 10.9. The number of carbonyl (C=O) groups excluding carboxylic acids is 1. The second-order valence-electron chi connectivity index (χ2n) is 4.58. The summed E-state index contributed by atoms with van der Waals surface area (Å²) in [7, 11) is 0. The Morgan fingerprint density at radius 3 is 2.79 bits per heavy atom. The number of amides is 1. The van der Waals surface area contributed by atoms with Crippen LogP contribution in [-0.4, -0.2) is 26.7 Å². The summed E-state index contributed by atoms with van der Waals surface area (Å²) in [5.74, 6) is 0.415. The Kier molecular flexibility index (Phi) is 3.91. The normalized spacial score (nSPS) is 12.4. The van der Waals surface area contributed by atoms with Crippen LogP contribution in [0.1, 0.15) is 13.8 Å². The van der Waals surface area contributed by atoms with Gasteiger partial charge in [0.1, 0.15) is 0 Å². The zero-order chi connectivity index (χ0) is 13.8. The molecule has 2 heterocycles. The molecule has 1 atom stereocenters. The quantitative estimate of drug-likeness (QED) is 0.863. The van der Waals surface area contributed by atoms with E-state index in [4.69, 9.17) is 5.73 Å². The Balaban J connectivity index is 2.24. The first kappa shape index (κ1) is 13.2. The van der Waals surface area contributed by atoms with Gasteiger partial charge in [0.2, 0.25) is 5.91 Å². The van der Waals surface area contributed by atoms with Gasteiger partial charge in [-0.3, -0.25) is 4.79 Å². The predicted molar refractivity (Wildman–Crippen MR) is 72.8 cm³/mol. The van der Waals surface area contributed by atoms with E-state index >= 15 is 0 Å². The molecule has 19 heavy (non-hydrogen) atoms. The minimum atomic E-state index is -0.550. The Bertz CT molecular complexity index is 550. The van der Waals surface area contributed by atoms with Gasteiger partial charge in [0, 0.05) is 18.6 Å². The monoisotopic (exact) mass is 259 g/mol. The number of nitrogens with zero attached hydrogens (tertiary/aromatic N) is 3. The second kappa shape index (κ2) is 5.62. The van der Waals surface area contributed by atoms with E-state index in [2.05, 4.69) is 15.4 Å². The number of aromatic nitrogens is 3. The van der Waals surface area contributed by atoms with Gasteiger partial charge in [0.15, 0.2) is 5.82 Å². The number of nitrogens with one attached hydrogen (secondary N) is 1. The third kappa shape index (κ3) is 2.97. The van der Waals surface area contributed by atoms with Crippen molar-refractivity contribution >= 4 is 11.6 Å². The van der Waals surface area contributed by atoms with Gasteiger partial charge in [-0.15, -0.1) is 0 Å². The van der Waals surface area contributed by atoms with E-state index < -0.39 is 6.04 Å². The first-order chi connectivity index (χ1) is 9.09. The van der Waals surface area contributed by atoms with E-state index in [9.17, 15) is 4.79 Å². The maximum absolute atomic E-state index is 12.0. The van der Waals surface area contributed by atoms with Gasteiger partial charge in [0.05, 0.1) is 11.7 Å². The van der Waals surface area contributed by atoms with Crippen LogP contribution in [0.25, 0.3) is 5.82 Å². The SMILES string of the molecule is CC(C)[C@@H](N)C(=O)Nc1cccnc1-n1cccn1. The summed E-state index contributed by atoms with van der Waals surface area (Å²) in [6.07, 6.45) is 5.07. The Labute approximate surface area is 111 Å². The van der Waals surface area contributed by atoms with Crippen molar-refractivity contribution in [3.63, 3.8) is 0 Å². The number of pyridine rings is 1. The number of hydrogen-bond donors (Lipinski definition) is 2. The summed E-state index contributed by atoms with van der Waals surface area (Å²) in [5.41, 5.74) is 6.41. The molecule has 0 fully saturated rings. The molecular formula is C13H17N5O. The number of carbonyl (C=O) groups is 1. The molecule has 3 N–H and O–H groups in total. The number of rotatable bonds is 4. The van der Waals surface area contributed by atoms with E-state index in [-0.39, 0.29) is 11.8 Å². The predicted octanol–water partition coefficient (Wildman–Crippen LogP) is 1.19. The molecule has 1 amide bonds. The highest BCUT2D eigenvalue weighted by Crippen LogP contribution is 2.16. The Morgan fingerprint density at radius 1 is 1.37 bits per heavy atom. The topological polar surface area (TPSA) is 85.8 Å². The van der Waals surface area contributed by atoms with Crippen LogP contribution in [0.5, 0.6) is 0 Å². The fourth-order valence-electron chi connectivity index (χ4n) is 1.59. The van der Waals surface area contributed by atoms with Gasteiger partial charge in [-0.25, -0.2) is 9.67 Å². The lowest BCUT2D eigenvalue weighted by Gasteiger charge is -2.16. The van der Waals surface area contributed by atoms with Crippen LogP contribution >= 0.6 is 0 Å². The molecule has 0 radical (unpaired) electrons. The van der Waals surface area contributed by atoms with Crippen LogP contribution in [-0.2, 0) is 4.79 Å². The fourth-order valence-corrected chi connectivity index (χ4v) is 1.59. The molecule has 0 aliphatic heterocycles. The summed E-state index contributed by atoms with van der Waals surface area (Å²) < 4.78 is 1.59. The van der Waals surface area contributed by atoms with Crippen LogP contribution in [0, 0.1) is 5.92 Å². The van der Waals surface area contributed by atoms with Crippen molar-refractivity contribution in [2.75, 3.05) is 5.32 Å². The van der Waals surface area contributed by atoms with Crippen molar-refractivity contribution in [1.29, 1.82) is 0 Å². The molecule has 0 aliphatic carbocycles. The van der Waals surface area contributed by atoms with Crippen LogP contribution in [0.3, 0.4) is 0 Å². The third-order valence-electron chi connectivity index (χ3n) is 2.79. The highest BCUT2D eigenvalue weighted by atomic mass is 16.2. The molecule has 6 heteroatoms.